The van der Waals surface area contributed by atoms with E-state index in [1.54, 1.807) is 7.11 Å². The SMILES string of the molecule is COC1CC(NC(=O)C(C)(C)O)C1. The molecular weight excluding hydrogens is 170 g/mol. The van der Waals surface area contributed by atoms with Crippen LogP contribution in [0.4, 0.5) is 0 Å². The summed E-state index contributed by atoms with van der Waals surface area (Å²) in [5.41, 5.74) is -1.28. The van der Waals surface area contributed by atoms with Gasteiger partial charge in [0.1, 0.15) is 5.60 Å². The second-order valence-electron chi connectivity index (χ2n) is 4.06. The van der Waals surface area contributed by atoms with Crippen LogP contribution < -0.4 is 5.32 Å². The molecule has 1 aliphatic rings. The molecule has 4 heteroatoms. The molecule has 1 aliphatic carbocycles. The van der Waals surface area contributed by atoms with Gasteiger partial charge in [0.25, 0.3) is 5.91 Å². The lowest BCUT2D eigenvalue weighted by Gasteiger charge is -2.35. The Balaban J connectivity index is 2.25. The van der Waals surface area contributed by atoms with Crippen molar-refractivity contribution in [2.24, 2.45) is 0 Å². The van der Waals surface area contributed by atoms with Gasteiger partial charge in [0.2, 0.25) is 0 Å². The van der Waals surface area contributed by atoms with Crippen LogP contribution in [0, 0.1) is 0 Å². The van der Waals surface area contributed by atoms with Crippen molar-refractivity contribution >= 4 is 5.91 Å². The van der Waals surface area contributed by atoms with Crippen LogP contribution in [0.25, 0.3) is 0 Å². The van der Waals surface area contributed by atoms with Gasteiger partial charge in [0, 0.05) is 13.2 Å². The fourth-order valence-electron chi connectivity index (χ4n) is 1.24. The van der Waals surface area contributed by atoms with Gasteiger partial charge in [-0.25, -0.2) is 0 Å². The molecule has 0 unspecified atom stereocenters. The fraction of sp³-hybridized carbons (Fsp3) is 0.889. The fourth-order valence-corrected chi connectivity index (χ4v) is 1.24. The molecule has 0 aromatic heterocycles. The lowest BCUT2D eigenvalue weighted by Crippen LogP contribution is -2.53. The maximum absolute atomic E-state index is 11.3. The van der Waals surface area contributed by atoms with E-state index in [-0.39, 0.29) is 18.1 Å². The molecular formula is C9H17NO3. The minimum absolute atomic E-state index is 0.170. The molecule has 4 nitrogen and oxygen atoms in total. The Labute approximate surface area is 78.3 Å². The highest BCUT2D eigenvalue weighted by Crippen LogP contribution is 2.22. The first-order valence-electron chi connectivity index (χ1n) is 4.49. The highest BCUT2D eigenvalue weighted by Gasteiger charge is 2.33. The average molecular weight is 187 g/mol. The van der Waals surface area contributed by atoms with Crippen LogP contribution in [-0.4, -0.2) is 35.9 Å². The Morgan fingerprint density at radius 2 is 2.08 bits per heavy atom. The van der Waals surface area contributed by atoms with E-state index < -0.39 is 5.60 Å². The molecule has 0 radical (unpaired) electrons. The van der Waals surface area contributed by atoms with E-state index in [0.717, 1.165) is 12.8 Å². The van der Waals surface area contributed by atoms with E-state index in [1.807, 2.05) is 0 Å². The van der Waals surface area contributed by atoms with E-state index in [1.165, 1.54) is 13.8 Å². The molecule has 0 saturated heterocycles. The summed E-state index contributed by atoms with van der Waals surface area (Å²) in [5, 5.41) is 12.1. The zero-order valence-electron chi connectivity index (χ0n) is 8.33. The Kier molecular flexibility index (Phi) is 2.93. The molecule has 13 heavy (non-hydrogen) atoms. The first-order valence-corrected chi connectivity index (χ1v) is 4.49. The van der Waals surface area contributed by atoms with Gasteiger partial charge < -0.3 is 15.2 Å². The van der Waals surface area contributed by atoms with Gasteiger partial charge in [-0.05, 0) is 26.7 Å². The number of ether oxygens (including phenoxy) is 1. The number of hydrogen-bond donors (Lipinski definition) is 2. The molecule has 0 atom stereocenters. The van der Waals surface area contributed by atoms with E-state index >= 15 is 0 Å². The summed E-state index contributed by atoms with van der Waals surface area (Å²) < 4.78 is 5.07. The molecule has 1 saturated carbocycles. The molecule has 0 heterocycles. The van der Waals surface area contributed by atoms with E-state index in [4.69, 9.17) is 4.74 Å². The number of hydrogen-bond acceptors (Lipinski definition) is 3. The molecule has 1 fully saturated rings. The summed E-state index contributed by atoms with van der Waals surface area (Å²) >= 11 is 0. The van der Waals surface area contributed by atoms with Gasteiger partial charge in [0.15, 0.2) is 0 Å². The van der Waals surface area contributed by atoms with Gasteiger partial charge >= 0.3 is 0 Å². The van der Waals surface area contributed by atoms with Crippen LogP contribution in [0.2, 0.25) is 0 Å². The van der Waals surface area contributed by atoms with Crippen LogP contribution in [-0.2, 0) is 9.53 Å². The van der Waals surface area contributed by atoms with Crippen LogP contribution in [0.1, 0.15) is 26.7 Å². The monoisotopic (exact) mass is 187 g/mol. The Bertz CT molecular complexity index is 192. The highest BCUT2D eigenvalue weighted by molar-refractivity contribution is 5.84. The minimum atomic E-state index is -1.28. The summed E-state index contributed by atoms with van der Waals surface area (Å²) in [6, 6.07) is 0.170. The largest absolute Gasteiger partial charge is 0.381 e. The Morgan fingerprint density at radius 1 is 1.54 bits per heavy atom. The topological polar surface area (TPSA) is 58.6 Å². The number of aliphatic hydroxyl groups is 1. The molecule has 0 bridgehead atoms. The second-order valence-corrected chi connectivity index (χ2v) is 4.06. The van der Waals surface area contributed by atoms with Crippen molar-refractivity contribution in [1.29, 1.82) is 0 Å². The third-order valence-corrected chi connectivity index (χ3v) is 2.32. The number of carbonyl (C=O) groups is 1. The second kappa shape index (κ2) is 3.64. The highest BCUT2D eigenvalue weighted by atomic mass is 16.5. The first kappa shape index (κ1) is 10.5. The minimum Gasteiger partial charge on any atom is -0.381 e. The van der Waals surface area contributed by atoms with Gasteiger partial charge in [-0.15, -0.1) is 0 Å². The summed E-state index contributed by atoms with van der Waals surface area (Å²) in [6.07, 6.45) is 1.96. The van der Waals surface area contributed by atoms with Crippen LogP contribution in [0.15, 0.2) is 0 Å². The van der Waals surface area contributed by atoms with Crippen molar-refractivity contribution in [3.05, 3.63) is 0 Å². The number of amides is 1. The molecule has 1 amide bonds. The van der Waals surface area contributed by atoms with Gasteiger partial charge in [-0.3, -0.25) is 4.79 Å². The third kappa shape index (κ3) is 2.67. The van der Waals surface area contributed by atoms with Gasteiger partial charge in [-0.1, -0.05) is 0 Å². The van der Waals surface area contributed by atoms with Crippen molar-refractivity contribution in [1.82, 2.24) is 5.32 Å². The molecule has 0 aromatic carbocycles. The molecule has 0 spiro atoms. The molecule has 0 aromatic rings. The quantitative estimate of drug-likeness (QED) is 0.656. The standard InChI is InChI=1S/C9H17NO3/c1-9(2,12)8(11)10-6-4-7(5-6)13-3/h6-7,12H,4-5H2,1-3H3,(H,10,11). The maximum atomic E-state index is 11.3. The maximum Gasteiger partial charge on any atom is 0.251 e. The lowest BCUT2D eigenvalue weighted by atomic mass is 9.88. The lowest BCUT2D eigenvalue weighted by molar-refractivity contribution is -0.138. The molecule has 0 aliphatic heterocycles. The van der Waals surface area contributed by atoms with Crippen molar-refractivity contribution < 1.29 is 14.6 Å². The zero-order valence-corrected chi connectivity index (χ0v) is 8.33. The normalized spacial score (nSPS) is 28.0. The predicted octanol–water partition coefficient (Wildman–Crippen LogP) is 0.0509. The van der Waals surface area contributed by atoms with E-state index in [2.05, 4.69) is 5.32 Å². The molecule has 2 N–H and O–H groups in total. The van der Waals surface area contributed by atoms with Gasteiger partial charge in [0.05, 0.1) is 6.10 Å². The average Bonchev–Trinajstić information content (AvgIpc) is 1.93. The summed E-state index contributed by atoms with van der Waals surface area (Å²) in [4.78, 5) is 11.3. The Morgan fingerprint density at radius 3 is 2.46 bits per heavy atom. The van der Waals surface area contributed by atoms with E-state index in [0.29, 0.717) is 0 Å². The van der Waals surface area contributed by atoms with Crippen molar-refractivity contribution in [2.45, 2.75) is 44.4 Å². The number of carbonyl (C=O) groups excluding carboxylic acids is 1. The summed E-state index contributed by atoms with van der Waals surface area (Å²) in [7, 11) is 1.67. The van der Waals surface area contributed by atoms with Crippen molar-refractivity contribution in [3.63, 3.8) is 0 Å². The number of nitrogens with one attached hydrogen (secondary N) is 1. The molecule has 1 rings (SSSR count). The van der Waals surface area contributed by atoms with Crippen molar-refractivity contribution in [3.8, 4) is 0 Å². The molecule has 76 valence electrons. The predicted molar refractivity (Wildman–Crippen MR) is 48.3 cm³/mol. The summed E-state index contributed by atoms with van der Waals surface area (Å²) in [5.74, 6) is -0.313. The third-order valence-electron chi connectivity index (χ3n) is 2.32. The van der Waals surface area contributed by atoms with Crippen LogP contribution in [0.3, 0.4) is 0 Å². The van der Waals surface area contributed by atoms with E-state index in [9.17, 15) is 9.90 Å². The smallest absolute Gasteiger partial charge is 0.251 e. The van der Waals surface area contributed by atoms with Crippen LogP contribution in [0.5, 0.6) is 0 Å². The number of rotatable bonds is 3. The van der Waals surface area contributed by atoms with Crippen LogP contribution >= 0.6 is 0 Å². The zero-order chi connectivity index (χ0) is 10.1. The van der Waals surface area contributed by atoms with Crippen molar-refractivity contribution in [2.75, 3.05) is 7.11 Å². The summed E-state index contributed by atoms with van der Waals surface area (Å²) in [6.45, 7) is 2.96. The number of methoxy groups -OCH3 is 1. The Hall–Kier alpha value is -0.610. The first-order chi connectivity index (χ1) is 5.93. The van der Waals surface area contributed by atoms with Gasteiger partial charge in [-0.2, -0.15) is 0 Å².